The largest absolute Gasteiger partial charge is 0.392 e. The number of nitrogens with zero attached hydrogens (tertiary/aromatic N) is 3. The highest BCUT2D eigenvalue weighted by Gasteiger charge is 2.17. The van der Waals surface area contributed by atoms with Gasteiger partial charge in [-0.25, -0.2) is 4.39 Å². The van der Waals surface area contributed by atoms with Crippen LogP contribution in [0.4, 0.5) is 4.39 Å². The second-order valence-corrected chi connectivity index (χ2v) is 5.48. The Morgan fingerprint density at radius 1 is 1.38 bits per heavy atom. The molecule has 112 valence electrons. The molecule has 3 rings (SSSR count). The molecule has 0 spiro atoms. The molecule has 1 aliphatic rings. The van der Waals surface area contributed by atoms with E-state index in [2.05, 4.69) is 9.88 Å². The van der Waals surface area contributed by atoms with Crippen LogP contribution >= 0.6 is 0 Å². The van der Waals surface area contributed by atoms with Gasteiger partial charge in [0, 0.05) is 31.8 Å². The summed E-state index contributed by atoms with van der Waals surface area (Å²) in [4.78, 5) is 18.2. The first-order valence-corrected chi connectivity index (χ1v) is 7.19. The normalized spacial score (nSPS) is 20.0. The van der Waals surface area contributed by atoms with E-state index in [0.29, 0.717) is 30.7 Å². The van der Waals surface area contributed by atoms with Crippen LogP contribution in [0.15, 0.2) is 29.2 Å². The summed E-state index contributed by atoms with van der Waals surface area (Å²) < 4.78 is 14.9. The fourth-order valence-corrected chi connectivity index (χ4v) is 2.85. The highest BCUT2D eigenvalue weighted by Crippen LogP contribution is 2.12. The fraction of sp³-hybridized carbons (Fsp3) is 0.467. The van der Waals surface area contributed by atoms with Crippen LogP contribution in [-0.4, -0.2) is 45.3 Å². The van der Waals surface area contributed by atoms with Crippen molar-refractivity contribution in [3.63, 3.8) is 0 Å². The van der Waals surface area contributed by atoms with Crippen LogP contribution in [0.2, 0.25) is 0 Å². The molecule has 0 amide bonds. The molecule has 5 nitrogen and oxygen atoms in total. The van der Waals surface area contributed by atoms with Gasteiger partial charge in [-0.15, -0.1) is 0 Å². The molecule has 6 heteroatoms. The summed E-state index contributed by atoms with van der Waals surface area (Å²) >= 11 is 0. The Kier molecular flexibility index (Phi) is 3.98. The van der Waals surface area contributed by atoms with Crippen LogP contribution in [0.1, 0.15) is 12.8 Å². The van der Waals surface area contributed by atoms with Gasteiger partial charge in [0.15, 0.2) is 0 Å². The molecule has 2 aromatic heterocycles. The number of aliphatic hydroxyl groups is 1. The monoisotopic (exact) mass is 291 g/mol. The van der Waals surface area contributed by atoms with E-state index in [9.17, 15) is 14.3 Å². The molecule has 1 N–H and O–H groups in total. The van der Waals surface area contributed by atoms with Crippen molar-refractivity contribution in [2.75, 3.05) is 19.6 Å². The summed E-state index contributed by atoms with van der Waals surface area (Å²) in [5.41, 5.74) is 0.960. The molecule has 0 aliphatic carbocycles. The third-order valence-electron chi connectivity index (χ3n) is 3.93. The Morgan fingerprint density at radius 3 is 3.05 bits per heavy atom. The lowest BCUT2D eigenvalue weighted by atomic mass is 10.1. The number of fused-ring (bicyclic) bond motifs is 1. The van der Waals surface area contributed by atoms with Crippen molar-refractivity contribution >= 4 is 11.0 Å². The maximum absolute atomic E-state index is 13.4. The standard InChI is InChI=1S/C15H18FN3O2/c16-11-8-14-13(17-9-11)3-4-15(21)19(14)7-6-18-5-1-2-12(20)10-18/h3-4,8-9,12,20H,1-2,5-7,10H2. The summed E-state index contributed by atoms with van der Waals surface area (Å²) in [6.45, 7) is 2.68. The molecule has 1 aliphatic heterocycles. The van der Waals surface area contributed by atoms with Crippen molar-refractivity contribution in [1.29, 1.82) is 0 Å². The van der Waals surface area contributed by atoms with Crippen molar-refractivity contribution in [2.45, 2.75) is 25.5 Å². The summed E-state index contributed by atoms with van der Waals surface area (Å²) in [5, 5.41) is 9.67. The Balaban J connectivity index is 1.84. The van der Waals surface area contributed by atoms with E-state index in [-0.39, 0.29) is 11.7 Å². The summed E-state index contributed by atoms with van der Waals surface area (Å²) in [6.07, 6.45) is 2.65. The van der Waals surface area contributed by atoms with Gasteiger partial charge in [-0.2, -0.15) is 0 Å². The Hall–Kier alpha value is -1.79. The summed E-state index contributed by atoms with van der Waals surface area (Å²) in [7, 11) is 0. The van der Waals surface area contributed by atoms with E-state index in [1.54, 1.807) is 10.6 Å². The number of piperidine rings is 1. The lowest BCUT2D eigenvalue weighted by Crippen LogP contribution is -2.40. The van der Waals surface area contributed by atoms with Gasteiger partial charge in [-0.05, 0) is 25.5 Å². The lowest BCUT2D eigenvalue weighted by Gasteiger charge is -2.30. The maximum atomic E-state index is 13.4. The zero-order chi connectivity index (χ0) is 14.8. The Labute approximate surface area is 121 Å². The first kappa shape index (κ1) is 14.2. The van der Waals surface area contributed by atoms with Crippen LogP contribution in [0.5, 0.6) is 0 Å². The Bertz CT molecular complexity index is 701. The zero-order valence-corrected chi connectivity index (χ0v) is 11.7. The topological polar surface area (TPSA) is 58.4 Å². The SMILES string of the molecule is O=c1ccc2ncc(F)cc2n1CCN1CCCC(O)C1. The number of β-amino-alcohol motifs (C(OH)–C–C–N with tert-alkyl or cyclic N) is 1. The summed E-state index contributed by atoms with van der Waals surface area (Å²) in [5.74, 6) is -0.449. The van der Waals surface area contributed by atoms with E-state index in [1.807, 2.05) is 0 Å². The minimum Gasteiger partial charge on any atom is -0.392 e. The molecule has 2 aromatic rings. The molecular weight excluding hydrogens is 273 g/mol. The van der Waals surface area contributed by atoms with Gasteiger partial charge in [0.25, 0.3) is 5.56 Å². The predicted molar refractivity (Wildman–Crippen MR) is 77.6 cm³/mol. The zero-order valence-electron chi connectivity index (χ0n) is 11.7. The third kappa shape index (κ3) is 3.11. The van der Waals surface area contributed by atoms with E-state index < -0.39 is 5.82 Å². The highest BCUT2D eigenvalue weighted by atomic mass is 19.1. The van der Waals surface area contributed by atoms with Crippen LogP contribution in [0.25, 0.3) is 11.0 Å². The van der Waals surface area contributed by atoms with Gasteiger partial charge in [0.05, 0.1) is 23.3 Å². The third-order valence-corrected chi connectivity index (χ3v) is 3.93. The van der Waals surface area contributed by atoms with E-state index in [0.717, 1.165) is 25.6 Å². The van der Waals surface area contributed by atoms with Crippen molar-refractivity contribution in [1.82, 2.24) is 14.5 Å². The van der Waals surface area contributed by atoms with Crippen molar-refractivity contribution < 1.29 is 9.50 Å². The fourth-order valence-electron chi connectivity index (χ4n) is 2.85. The van der Waals surface area contributed by atoms with Crippen LogP contribution < -0.4 is 5.56 Å². The molecule has 1 atom stereocenters. The predicted octanol–water partition coefficient (Wildman–Crippen LogP) is 0.992. The maximum Gasteiger partial charge on any atom is 0.251 e. The number of aliphatic hydroxyl groups excluding tert-OH is 1. The van der Waals surface area contributed by atoms with Gasteiger partial charge >= 0.3 is 0 Å². The van der Waals surface area contributed by atoms with E-state index >= 15 is 0 Å². The van der Waals surface area contributed by atoms with Crippen LogP contribution in [0.3, 0.4) is 0 Å². The van der Waals surface area contributed by atoms with Gasteiger partial charge < -0.3 is 9.67 Å². The minimum absolute atomic E-state index is 0.160. The van der Waals surface area contributed by atoms with Gasteiger partial charge in [-0.3, -0.25) is 14.7 Å². The molecular formula is C15H18FN3O2. The number of pyridine rings is 2. The molecule has 0 aromatic carbocycles. The second-order valence-electron chi connectivity index (χ2n) is 5.48. The number of likely N-dealkylation sites (tertiary alicyclic amines) is 1. The molecule has 0 radical (unpaired) electrons. The number of halogens is 1. The minimum atomic E-state index is -0.449. The first-order valence-electron chi connectivity index (χ1n) is 7.19. The number of hydrogen-bond donors (Lipinski definition) is 1. The van der Waals surface area contributed by atoms with E-state index in [4.69, 9.17) is 0 Å². The lowest BCUT2D eigenvalue weighted by molar-refractivity contribution is 0.0690. The first-order chi connectivity index (χ1) is 10.1. The Morgan fingerprint density at radius 2 is 2.24 bits per heavy atom. The second kappa shape index (κ2) is 5.91. The van der Waals surface area contributed by atoms with Gasteiger partial charge in [0.2, 0.25) is 0 Å². The molecule has 1 saturated heterocycles. The number of aromatic nitrogens is 2. The number of rotatable bonds is 3. The van der Waals surface area contributed by atoms with Crippen LogP contribution in [-0.2, 0) is 6.54 Å². The average molecular weight is 291 g/mol. The van der Waals surface area contributed by atoms with Gasteiger partial charge in [-0.1, -0.05) is 0 Å². The van der Waals surface area contributed by atoms with E-state index in [1.165, 1.54) is 12.1 Å². The molecule has 0 saturated carbocycles. The van der Waals surface area contributed by atoms with Crippen molar-refractivity contribution in [3.8, 4) is 0 Å². The quantitative estimate of drug-likeness (QED) is 0.916. The molecule has 0 bridgehead atoms. The molecule has 21 heavy (non-hydrogen) atoms. The number of hydrogen-bond acceptors (Lipinski definition) is 4. The smallest absolute Gasteiger partial charge is 0.251 e. The van der Waals surface area contributed by atoms with Crippen molar-refractivity contribution in [3.05, 3.63) is 40.6 Å². The van der Waals surface area contributed by atoms with Gasteiger partial charge in [0.1, 0.15) is 5.82 Å². The average Bonchev–Trinajstić information content (AvgIpc) is 2.46. The molecule has 3 heterocycles. The van der Waals surface area contributed by atoms with Crippen molar-refractivity contribution in [2.24, 2.45) is 0 Å². The summed E-state index contributed by atoms with van der Waals surface area (Å²) in [6, 6.07) is 4.41. The highest BCUT2D eigenvalue weighted by molar-refractivity contribution is 5.74. The molecule has 1 fully saturated rings. The molecule has 1 unspecified atom stereocenters. The van der Waals surface area contributed by atoms with Crippen LogP contribution in [0, 0.1) is 5.82 Å².